The summed E-state index contributed by atoms with van der Waals surface area (Å²) in [7, 11) is 2.12. The molecule has 2 nitrogen and oxygen atoms in total. The standard InChI is InChI=1S/C14H18N2/c1-16-9-7-13-12(5-2-6-14(13)16)11-4-3-8-15-10-11/h2,5-7,9,11,15H,3-4,8,10H2,1H3. The summed E-state index contributed by atoms with van der Waals surface area (Å²) < 4.78 is 2.20. The third-order valence-corrected chi connectivity index (χ3v) is 3.70. The first-order chi connectivity index (χ1) is 7.86. The highest BCUT2D eigenvalue weighted by molar-refractivity contribution is 5.84. The Hall–Kier alpha value is -1.28. The maximum atomic E-state index is 3.50. The van der Waals surface area contributed by atoms with Crippen LogP contribution in [0.15, 0.2) is 30.5 Å². The summed E-state index contributed by atoms with van der Waals surface area (Å²) in [5.41, 5.74) is 2.87. The van der Waals surface area contributed by atoms with E-state index in [4.69, 9.17) is 0 Å². The summed E-state index contributed by atoms with van der Waals surface area (Å²) in [6.07, 6.45) is 4.78. The van der Waals surface area contributed by atoms with E-state index in [0.717, 1.165) is 6.54 Å². The molecule has 0 amide bonds. The molecule has 0 saturated carbocycles. The van der Waals surface area contributed by atoms with Crippen LogP contribution in [0.25, 0.3) is 10.9 Å². The smallest absolute Gasteiger partial charge is 0.0480 e. The molecule has 1 unspecified atom stereocenters. The lowest BCUT2D eigenvalue weighted by atomic mass is 9.89. The van der Waals surface area contributed by atoms with Crippen molar-refractivity contribution in [3.05, 3.63) is 36.0 Å². The normalized spacial score (nSPS) is 21.4. The van der Waals surface area contributed by atoms with Crippen molar-refractivity contribution in [1.29, 1.82) is 0 Å². The third-order valence-electron chi connectivity index (χ3n) is 3.70. The van der Waals surface area contributed by atoms with Crippen molar-refractivity contribution in [2.24, 2.45) is 7.05 Å². The first-order valence-electron chi connectivity index (χ1n) is 6.11. The summed E-state index contributed by atoms with van der Waals surface area (Å²) in [5, 5.41) is 4.93. The van der Waals surface area contributed by atoms with Crippen LogP contribution in [0, 0.1) is 0 Å². The Morgan fingerprint density at radius 3 is 3.06 bits per heavy atom. The lowest BCUT2D eigenvalue weighted by Crippen LogP contribution is -2.28. The molecule has 1 aliphatic rings. The topological polar surface area (TPSA) is 17.0 Å². The Bertz CT molecular complexity index is 492. The van der Waals surface area contributed by atoms with E-state index in [9.17, 15) is 0 Å². The van der Waals surface area contributed by atoms with Gasteiger partial charge < -0.3 is 9.88 Å². The molecular weight excluding hydrogens is 196 g/mol. The largest absolute Gasteiger partial charge is 0.351 e. The second-order valence-electron chi connectivity index (χ2n) is 4.75. The van der Waals surface area contributed by atoms with E-state index in [2.05, 4.69) is 47.4 Å². The van der Waals surface area contributed by atoms with Gasteiger partial charge in [-0.2, -0.15) is 0 Å². The average molecular weight is 214 g/mol. The number of piperidine rings is 1. The monoisotopic (exact) mass is 214 g/mol. The molecule has 16 heavy (non-hydrogen) atoms. The van der Waals surface area contributed by atoms with Crippen LogP contribution in [0.1, 0.15) is 24.3 Å². The van der Waals surface area contributed by atoms with Crippen LogP contribution in [0.4, 0.5) is 0 Å². The third kappa shape index (κ3) is 1.54. The Kier molecular flexibility index (Phi) is 2.44. The average Bonchev–Trinajstić information content (AvgIpc) is 2.73. The minimum atomic E-state index is 0.694. The summed E-state index contributed by atoms with van der Waals surface area (Å²) in [6, 6.07) is 8.93. The van der Waals surface area contributed by atoms with E-state index >= 15 is 0 Å². The molecule has 2 aromatic rings. The fourth-order valence-corrected chi connectivity index (χ4v) is 2.80. The Morgan fingerprint density at radius 2 is 2.25 bits per heavy atom. The molecule has 0 spiro atoms. The summed E-state index contributed by atoms with van der Waals surface area (Å²) in [6.45, 7) is 2.31. The first-order valence-corrected chi connectivity index (χ1v) is 6.11. The summed E-state index contributed by atoms with van der Waals surface area (Å²) >= 11 is 0. The molecule has 1 aromatic heterocycles. The highest BCUT2D eigenvalue weighted by atomic mass is 14.9. The van der Waals surface area contributed by atoms with Gasteiger partial charge in [0.1, 0.15) is 0 Å². The summed E-state index contributed by atoms with van der Waals surface area (Å²) in [4.78, 5) is 0. The lowest BCUT2D eigenvalue weighted by Gasteiger charge is -2.23. The predicted octanol–water partition coefficient (Wildman–Crippen LogP) is 2.65. The number of aryl methyl sites for hydroxylation is 1. The molecule has 1 atom stereocenters. The molecular formula is C14H18N2. The molecule has 3 rings (SSSR count). The van der Waals surface area contributed by atoms with Gasteiger partial charge in [0.2, 0.25) is 0 Å². The Balaban J connectivity index is 2.08. The number of hydrogen-bond acceptors (Lipinski definition) is 1. The van der Waals surface area contributed by atoms with Crippen LogP contribution < -0.4 is 5.32 Å². The van der Waals surface area contributed by atoms with Gasteiger partial charge in [0.25, 0.3) is 0 Å². The van der Waals surface area contributed by atoms with Crippen LogP contribution in [-0.2, 0) is 7.05 Å². The van der Waals surface area contributed by atoms with Crippen molar-refractivity contribution in [3.63, 3.8) is 0 Å². The van der Waals surface area contributed by atoms with E-state index in [1.54, 1.807) is 0 Å². The van der Waals surface area contributed by atoms with Crippen molar-refractivity contribution in [3.8, 4) is 0 Å². The van der Waals surface area contributed by atoms with Crippen molar-refractivity contribution in [2.45, 2.75) is 18.8 Å². The van der Waals surface area contributed by atoms with Crippen LogP contribution >= 0.6 is 0 Å². The van der Waals surface area contributed by atoms with E-state index in [0.29, 0.717) is 5.92 Å². The predicted molar refractivity (Wildman–Crippen MR) is 67.8 cm³/mol. The van der Waals surface area contributed by atoms with E-state index in [1.807, 2.05) is 0 Å². The Labute approximate surface area is 96.3 Å². The molecule has 2 heteroatoms. The van der Waals surface area contributed by atoms with Crippen molar-refractivity contribution in [1.82, 2.24) is 9.88 Å². The summed E-state index contributed by atoms with van der Waals surface area (Å²) in [5.74, 6) is 0.694. The molecule has 0 bridgehead atoms. The molecule has 0 radical (unpaired) electrons. The minimum Gasteiger partial charge on any atom is -0.351 e. The quantitative estimate of drug-likeness (QED) is 0.772. The van der Waals surface area contributed by atoms with Crippen LogP contribution in [0.5, 0.6) is 0 Å². The van der Waals surface area contributed by atoms with Crippen molar-refractivity contribution < 1.29 is 0 Å². The molecule has 1 fully saturated rings. The number of aromatic nitrogens is 1. The molecule has 0 aliphatic carbocycles. The fraction of sp³-hybridized carbons (Fsp3) is 0.429. The number of fused-ring (bicyclic) bond motifs is 1. The van der Waals surface area contributed by atoms with Gasteiger partial charge in [0.05, 0.1) is 0 Å². The van der Waals surface area contributed by atoms with Gasteiger partial charge in [-0.3, -0.25) is 0 Å². The number of nitrogens with one attached hydrogen (secondary N) is 1. The molecule has 2 heterocycles. The van der Waals surface area contributed by atoms with Gasteiger partial charge in [-0.1, -0.05) is 12.1 Å². The SMILES string of the molecule is Cn1ccc2c(C3CCCNC3)cccc21. The van der Waals surface area contributed by atoms with Crippen molar-refractivity contribution in [2.75, 3.05) is 13.1 Å². The van der Waals surface area contributed by atoms with Gasteiger partial charge in [-0.05, 0) is 43.0 Å². The van der Waals surface area contributed by atoms with Gasteiger partial charge in [0.15, 0.2) is 0 Å². The second kappa shape index (κ2) is 3.95. The molecule has 84 valence electrons. The second-order valence-corrected chi connectivity index (χ2v) is 4.75. The van der Waals surface area contributed by atoms with Crippen LogP contribution in [-0.4, -0.2) is 17.7 Å². The zero-order valence-corrected chi connectivity index (χ0v) is 9.74. The number of hydrogen-bond donors (Lipinski definition) is 1. The zero-order chi connectivity index (χ0) is 11.0. The van der Waals surface area contributed by atoms with Gasteiger partial charge in [0, 0.05) is 30.7 Å². The maximum Gasteiger partial charge on any atom is 0.0480 e. The number of benzene rings is 1. The zero-order valence-electron chi connectivity index (χ0n) is 9.74. The number of rotatable bonds is 1. The minimum absolute atomic E-state index is 0.694. The first kappa shape index (κ1) is 9.91. The maximum absolute atomic E-state index is 3.50. The Morgan fingerprint density at radius 1 is 1.31 bits per heavy atom. The van der Waals surface area contributed by atoms with Crippen molar-refractivity contribution >= 4 is 10.9 Å². The van der Waals surface area contributed by atoms with E-state index < -0.39 is 0 Å². The van der Waals surface area contributed by atoms with E-state index in [1.165, 1.54) is 35.9 Å². The van der Waals surface area contributed by atoms with E-state index in [-0.39, 0.29) is 0 Å². The van der Waals surface area contributed by atoms with Gasteiger partial charge in [-0.15, -0.1) is 0 Å². The van der Waals surface area contributed by atoms with Crippen LogP contribution in [0.2, 0.25) is 0 Å². The van der Waals surface area contributed by atoms with Gasteiger partial charge in [-0.25, -0.2) is 0 Å². The number of nitrogens with zero attached hydrogens (tertiary/aromatic N) is 1. The molecule has 1 aliphatic heterocycles. The highest BCUT2D eigenvalue weighted by Gasteiger charge is 2.17. The molecule has 1 saturated heterocycles. The lowest BCUT2D eigenvalue weighted by molar-refractivity contribution is 0.463. The van der Waals surface area contributed by atoms with Gasteiger partial charge >= 0.3 is 0 Å². The van der Waals surface area contributed by atoms with Crippen LogP contribution in [0.3, 0.4) is 0 Å². The fourth-order valence-electron chi connectivity index (χ4n) is 2.80. The highest BCUT2D eigenvalue weighted by Crippen LogP contribution is 2.30. The molecule has 1 aromatic carbocycles. The molecule has 1 N–H and O–H groups in total.